The number of benzene rings is 1. The first kappa shape index (κ1) is 10.1. The van der Waals surface area contributed by atoms with Crippen LogP contribution in [0.2, 0.25) is 0 Å². The quantitative estimate of drug-likeness (QED) is 0.546. The Kier molecular flexibility index (Phi) is 2.38. The molecule has 0 unspecified atom stereocenters. The molecule has 13 heavy (non-hydrogen) atoms. The molecule has 0 aliphatic rings. The topological polar surface area (TPSA) is 22.9 Å². The molecule has 0 spiro atoms. The van der Waals surface area contributed by atoms with Crippen molar-refractivity contribution in [1.29, 1.82) is 0 Å². The van der Waals surface area contributed by atoms with Gasteiger partial charge in [-0.2, -0.15) is 0 Å². The van der Waals surface area contributed by atoms with Crippen LogP contribution in [0, 0.1) is 13.8 Å². The summed E-state index contributed by atoms with van der Waals surface area (Å²) in [7, 11) is 0. The van der Waals surface area contributed by atoms with Gasteiger partial charge in [-0.3, -0.25) is 0 Å². The molecule has 0 atom stereocenters. The van der Waals surface area contributed by atoms with Gasteiger partial charge in [0.2, 0.25) is 0 Å². The average molecular weight is 179 g/mol. The van der Waals surface area contributed by atoms with E-state index in [2.05, 4.69) is 34.6 Å². The maximum absolute atomic E-state index is 7.58. The van der Waals surface area contributed by atoms with Gasteiger partial charge in [-0.05, 0) is 36.0 Å². The smallest absolute Gasteiger partial charge is 0.254 e. The van der Waals surface area contributed by atoms with Crippen LogP contribution in [-0.4, -0.2) is 5.11 Å². The van der Waals surface area contributed by atoms with Gasteiger partial charge in [0.15, 0.2) is 0 Å². The summed E-state index contributed by atoms with van der Waals surface area (Å²) in [5, 5.41) is 7.58. The van der Waals surface area contributed by atoms with E-state index in [-0.39, 0.29) is 5.41 Å². The Morgan fingerprint density at radius 3 is 1.69 bits per heavy atom. The Labute approximate surface area is 80.4 Å². The number of hydrogen-bond acceptors (Lipinski definition) is 0. The normalized spacial score (nSPS) is 11.8. The first-order chi connectivity index (χ1) is 5.82. The van der Waals surface area contributed by atoms with E-state index in [1.165, 1.54) is 16.7 Å². The van der Waals surface area contributed by atoms with Crippen molar-refractivity contribution in [2.45, 2.75) is 40.0 Å². The van der Waals surface area contributed by atoms with Gasteiger partial charge in [0.05, 0.1) is 0 Å². The van der Waals surface area contributed by atoms with Crippen molar-refractivity contribution in [2.24, 2.45) is 0 Å². The summed E-state index contributed by atoms with van der Waals surface area (Å²) in [6.45, 7) is 10.8. The largest absolute Gasteiger partial charge is 0.593 e. The van der Waals surface area contributed by atoms with E-state index >= 15 is 0 Å². The van der Waals surface area contributed by atoms with Crippen molar-refractivity contribution in [3.63, 3.8) is 0 Å². The molecule has 0 aliphatic carbocycles. The highest BCUT2D eigenvalue weighted by Gasteiger charge is 2.19. The van der Waals surface area contributed by atoms with Gasteiger partial charge in [0, 0.05) is 12.1 Å². The molecule has 1 nitrogen and oxygen atoms in total. The van der Waals surface area contributed by atoms with E-state index in [1.807, 2.05) is 12.1 Å². The highest BCUT2D eigenvalue weighted by atomic mass is 16.3. The van der Waals surface area contributed by atoms with E-state index in [9.17, 15) is 0 Å². The zero-order valence-electron chi connectivity index (χ0n) is 9.15. The van der Waals surface area contributed by atoms with Crippen molar-refractivity contribution in [1.82, 2.24) is 0 Å². The minimum atomic E-state index is 0.182. The Morgan fingerprint density at radius 2 is 1.38 bits per heavy atom. The van der Waals surface area contributed by atoms with E-state index in [1.54, 1.807) is 0 Å². The lowest BCUT2D eigenvalue weighted by Gasteiger charge is -2.23. The minimum absolute atomic E-state index is 0.182. The van der Waals surface area contributed by atoms with Gasteiger partial charge in [-0.15, -0.1) is 0 Å². The van der Waals surface area contributed by atoms with Crippen molar-refractivity contribution in [2.75, 3.05) is 0 Å². The Hall–Kier alpha value is -0.980. The molecule has 1 heteroatoms. The molecule has 0 amide bonds. The second-order valence-electron chi connectivity index (χ2n) is 4.74. The molecule has 0 aromatic heterocycles. The van der Waals surface area contributed by atoms with Crippen LogP contribution in [0.1, 0.15) is 37.5 Å². The summed E-state index contributed by atoms with van der Waals surface area (Å²) < 4.78 is 0. The number of aryl methyl sites for hydroxylation is 2. The van der Waals surface area contributed by atoms with E-state index in [0.29, 0.717) is 5.75 Å². The molecule has 0 radical (unpaired) electrons. The van der Waals surface area contributed by atoms with Crippen molar-refractivity contribution >= 4 is 0 Å². The number of hydrogen-bond donors (Lipinski definition) is 0. The van der Waals surface area contributed by atoms with Crippen LogP contribution >= 0.6 is 0 Å². The monoisotopic (exact) mass is 179 g/mol. The van der Waals surface area contributed by atoms with E-state index in [4.69, 9.17) is 5.11 Å². The van der Waals surface area contributed by atoms with Crippen molar-refractivity contribution < 1.29 is 5.11 Å². The first-order valence-corrected chi connectivity index (χ1v) is 4.65. The molecule has 0 aliphatic heterocycles. The predicted octanol–water partition coefficient (Wildman–Crippen LogP) is 3.04. The first-order valence-electron chi connectivity index (χ1n) is 4.65. The summed E-state index contributed by atoms with van der Waals surface area (Å²) in [6.07, 6.45) is 0. The van der Waals surface area contributed by atoms with Crippen LogP contribution in [0.4, 0.5) is 0 Å². The fraction of sp³-hybridized carbons (Fsp3) is 0.500. The van der Waals surface area contributed by atoms with E-state index in [0.717, 1.165) is 0 Å². The van der Waals surface area contributed by atoms with Gasteiger partial charge in [-0.1, -0.05) is 20.8 Å². The third-order valence-electron chi connectivity index (χ3n) is 2.28. The predicted molar refractivity (Wildman–Crippen MR) is 57.7 cm³/mol. The third kappa shape index (κ3) is 2.03. The van der Waals surface area contributed by atoms with Gasteiger partial charge < -0.3 is 5.11 Å². The molecule has 0 bridgehead atoms. The van der Waals surface area contributed by atoms with Gasteiger partial charge in [0.1, 0.15) is 0 Å². The lowest BCUT2D eigenvalue weighted by molar-refractivity contribution is 0.472. The SMILES string of the molecule is Cc1cc([OH2+])cc(C)c1C(C)(C)C. The summed E-state index contributed by atoms with van der Waals surface area (Å²) in [6, 6.07) is 3.88. The Balaban J connectivity index is 3.38. The molecule has 1 rings (SSSR count). The van der Waals surface area contributed by atoms with Gasteiger partial charge >= 0.3 is 0 Å². The second kappa shape index (κ2) is 3.06. The van der Waals surface area contributed by atoms with Gasteiger partial charge in [-0.25, -0.2) is 0 Å². The maximum Gasteiger partial charge on any atom is 0.254 e. The summed E-state index contributed by atoms with van der Waals surface area (Å²) in [5.74, 6) is 0.614. The van der Waals surface area contributed by atoms with Crippen LogP contribution in [0.5, 0.6) is 5.75 Å². The van der Waals surface area contributed by atoms with Gasteiger partial charge in [0.25, 0.3) is 5.75 Å². The van der Waals surface area contributed by atoms with Crippen LogP contribution in [-0.2, 0) is 5.41 Å². The molecule has 72 valence electrons. The molecule has 0 fully saturated rings. The Bertz CT molecular complexity index is 295. The summed E-state index contributed by atoms with van der Waals surface area (Å²) in [5.41, 5.74) is 4.03. The minimum Gasteiger partial charge on any atom is -0.593 e. The summed E-state index contributed by atoms with van der Waals surface area (Å²) >= 11 is 0. The molecule has 0 heterocycles. The zero-order valence-corrected chi connectivity index (χ0v) is 9.15. The lowest BCUT2D eigenvalue weighted by Crippen LogP contribution is -2.14. The highest BCUT2D eigenvalue weighted by Crippen LogP contribution is 2.31. The van der Waals surface area contributed by atoms with Crippen LogP contribution < -0.4 is 0 Å². The maximum atomic E-state index is 7.58. The van der Waals surface area contributed by atoms with Crippen LogP contribution in [0.15, 0.2) is 12.1 Å². The Morgan fingerprint density at radius 1 is 1.00 bits per heavy atom. The van der Waals surface area contributed by atoms with Crippen LogP contribution in [0.25, 0.3) is 0 Å². The van der Waals surface area contributed by atoms with E-state index < -0.39 is 0 Å². The number of rotatable bonds is 0. The standard InChI is InChI=1S/C12H18O/c1-8-6-10(13)7-9(2)11(8)12(3,4)5/h6-7,13H,1-5H3/p+1. The third-order valence-corrected chi connectivity index (χ3v) is 2.28. The molecule has 0 saturated heterocycles. The lowest BCUT2D eigenvalue weighted by atomic mass is 9.81. The molecular formula is C12H19O+. The molecule has 2 N–H and O–H groups in total. The molecule has 0 saturated carbocycles. The van der Waals surface area contributed by atoms with Crippen molar-refractivity contribution in [3.05, 3.63) is 28.8 Å². The second-order valence-corrected chi connectivity index (χ2v) is 4.74. The molecular weight excluding hydrogens is 160 g/mol. The fourth-order valence-electron chi connectivity index (χ4n) is 2.15. The highest BCUT2D eigenvalue weighted by molar-refractivity contribution is 5.43. The molecule has 1 aromatic carbocycles. The van der Waals surface area contributed by atoms with Crippen molar-refractivity contribution in [3.8, 4) is 5.75 Å². The summed E-state index contributed by atoms with van der Waals surface area (Å²) in [4.78, 5) is 0. The zero-order chi connectivity index (χ0) is 10.2. The fourth-order valence-corrected chi connectivity index (χ4v) is 2.15. The van der Waals surface area contributed by atoms with Crippen LogP contribution in [0.3, 0.4) is 0 Å². The molecule has 1 aromatic rings. The average Bonchev–Trinajstić information content (AvgIpc) is 1.78.